The van der Waals surface area contributed by atoms with E-state index in [-0.39, 0.29) is 11.5 Å². The van der Waals surface area contributed by atoms with Gasteiger partial charge in [0.05, 0.1) is 5.52 Å². The molecule has 0 atom stereocenters. The number of aromatic nitrogens is 1. The summed E-state index contributed by atoms with van der Waals surface area (Å²) in [5.74, 6) is -0.180. The third kappa shape index (κ3) is 3.74. The maximum Gasteiger partial charge on any atom is 0.251 e. The smallest absolute Gasteiger partial charge is 0.251 e. The van der Waals surface area contributed by atoms with E-state index >= 15 is 0 Å². The Hall–Kier alpha value is -2.59. The van der Waals surface area contributed by atoms with E-state index in [2.05, 4.69) is 10.3 Å². The molecular formula is C20H19ClN2O2. The molecule has 0 aliphatic carbocycles. The van der Waals surface area contributed by atoms with Crippen LogP contribution >= 0.6 is 11.6 Å². The average Bonchev–Trinajstić information content (AvgIpc) is 2.60. The summed E-state index contributed by atoms with van der Waals surface area (Å²) >= 11 is 5.82. The lowest BCUT2D eigenvalue weighted by Gasteiger charge is -2.09. The van der Waals surface area contributed by atoms with Crippen molar-refractivity contribution in [3.05, 3.63) is 80.1 Å². The second kappa shape index (κ2) is 7.11. The number of aromatic amines is 1. The van der Waals surface area contributed by atoms with Gasteiger partial charge in [-0.2, -0.15) is 0 Å². The van der Waals surface area contributed by atoms with Gasteiger partial charge in [-0.3, -0.25) is 9.59 Å². The number of hydrogen-bond donors (Lipinski definition) is 2. The summed E-state index contributed by atoms with van der Waals surface area (Å²) in [5, 5.41) is 4.42. The quantitative estimate of drug-likeness (QED) is 0.749. The fourth-order valence-corrected chi connectivity index (χ4v) is 2.90. The van der Waals surface area contributed by atoms with Gasteiger partial charge >= 0.3 is 0 Å². The number of H-pyrrole nitrogens is 1. The number of carbonyl (C=O) groups is 1. The van der Waals surface area contributed by atoms with E-state index in [0.29, 0.717) is 29.1 Å². The van der Waals surface area contributed by atoms with Gasteiger partial charge < -0.3 is 10.3 Å². The lowest BCUT2D eigenvalue weighted by Crippen LogP contribution is -2.27. The molecule has 1 heterocycles. The molecule has 0 aliphatic rings. The number of fused-ring (bicyclic) bond motifs is 1. The van der Waals surface area contributed by atoms with Crippen molar-refractivity contribution in [2.75, 3.05) is 6.54 Å². The van der Waals surface area contributed by atoms with Crippen molar-refractivity contribution in [2.45, 2.75) is 20.3 Å². The van der Waals surface area contributed by atoms with Gasteiger partial charge in [0.15, 0.2) is 0 Å². The minimum Gasteiger partial charge on any atom is -0.352 e. The molecule has 0 radical (unpaired) electrons. The molecule has 2 aromatic carbocycles. The van der Waals surface area contributed by atoms with Crippen LogP contribution in [-0.4, -0.2) is 17.4 Å². The van der Waals surface area contributed by atoms with E-state index in [9.17, 15) is 9.59 Å². The third-order valence-corrected chi connectivity index (χ3v) is 4.67. The first-order chi connectivity index (χ1) is 12.0. The predicted octanol–water partition coefficient (Wildman–Crippen LogP) is 3.77. The predicted molar refractivity (Wildman–Crippen MR) is 102 cm³/mol. The Labute approximate surface area is 150 Å². The second-order valence-corrected chi connectivity index (χ2v) is 6.54. The van der Waals surface area contributed by atoms with Crippen LogP contribution in [0.3, 0.4) is 0 Å². The van der Waals surface area contributed by atoms with Crippen molar-refractivity contribution in [3.63, 3.8) is 0 Å². The van der Waals surface area contributed by atoms with Gasteiger partial charge in [-0.1, -0.05) is 23.7 Å². The van der Waals surface area contributed by atoms with Crippen LogP contribution in [0.1, 0.15) is 27.0 Å². The van der Waals surface area contributed by atoms with E-state index in [4.69, 9.17) is 11.6 Å². The molecule has 0 spiro atoms. The lowest BCUT2D eigenvalue weighted by atomic mass is 10.0. The van der Waals surface area contributed by atoms with E-state index in [1.54, 1.807) is 24.3 Å². The monoisotopic (exact) mass is 354 g/mol. The molecular weight excluding hydrogens is 336 g/mol. The Morgan fingerprint density at radius 2 is 1.84 bits per heavy atom. The maximum atomic E-state index is 12.3. The standard InChI is InChI=1S/C20H19ClN2O2/c1-12-3-4-15-11-16(20(25)23-18(15)13(12)2)9-10-22-19(24)14-5-7-17(21)8-6-14/h3-8,11H,9-10H2,1-2H3,(H,22,24)(H,23,25). The van der Waals surface area contributed by atoms with Crippen molar-refractivity contribution in [1.82, 2.24) is 10.3 Å². The molecule has 1 aromatic heterocycles. The van der Waals surface area contributed by atoms with Gasteiger partial charge in [-0.25, -0.2) is 0 Å². The summed E-state index contributed by atoms with van der Waals surface area (Å²) in [6, 6.07) is 12.6. The van der Waals surface area contributed by atoms with Gasteiger partial charge in [-0.15, -0.1) is 0 Å². The van der Waals surface area contributed by atoms with Crippen LogP contribution in [0.2, 0.25) is 5.02 Å². The Morgan fingerprint density at radius 1 is 1.12 bits per heavy atom. The van der Waals surface area contributed by atoms with Crippen LogP contribution in [-0.2, 0) is 6.42 Å². The number of halogens is 1. The van der Waals surface area contributed by atoms with Gasteiger partial charge in [0.25, 0.3) is 11.5 Å². The molecule has 4 nitrogen and oxygen atoms in total. The highest BCUT2D eigenvalue weighted by Crippen LogP contribution is 2.19. The summed E-state index contributed by atoms with van der Waals surface area (Å²) in [5.41, 5.74) is 4.19. The second-order valence-electron chi connectivity index (χ2n) is 6.11. The largest absolute Gasteiger partial charge is 0.352 e. The molecule has 0 saturated carbocycles. The van der Waals surface area contributed by atoms with Crippen LogP contribution in [0.25, 0.3) is 10.9 Å². The number of aryl methyl sites for hydroxylation is 2. The highest BCUT2D eigenvalue weighted by Gasteiger charge is 2.08. The van der Waals surface area contributed by atoms with Crippen LogP contribution < -0.4 is 10.9 Å². The molecule has 1 amide bonds. The molecule has 0 aliphatic heterocycles. The number of hydrogen-bond acceptors (Lipinski definition) is 2. The highest BCUT2D eigenvalue weighted by atomic mass is 35.5. The van der Waals surface area contributed by atoms with Crippen molar-refractivity contribution < 1.29 is 4.79 Å². The molecule has 2 N–H and O–H groups in total. The summed E-state index contributed by atoms with van der Waals surface area (Å²) in [6.45, 7) is 4.41. The molecule has 25 heavy (non-hydrogen) atoms. The Bertz CT molecular complexity index is 991. The average molecular weight is 355 g/mol. The molecule has 128 valence electrons. The summed E-state index contributed by atoms with van der Waals surface area (Å²) in [4.78, 5) is 27.3. The highest BCUT2D eigenvalue weighted by molar-refractivity contribution is 6.30. The third-order valence-electron chi connectivity index (χ3n) is 4.41. The number of nitrogens with one attached hydrogen (secondary N) is 2. The zero-order chi connectivity index (χ0) is 18.0. The van der Waals surface area contributed by atoms with Crippen molar-refractivity contribution >= 4 is 28.4 Å². The fraction of sp³-hybridized carbons (Fsp3) is 0.200. The molecule has 0 unspecified atom stereocenters. The van der Waals surface area contributed by atoms with Gasteiger partial charge in [0.1, 0.15) is 0 Å². The van der Waals surface area contributed by atoms with Crippen LogP contribution in [0.15, 0.2) is 47.3 Å². The summed E-state index contributed by atoms with van der Waals surface area (Å²) in [6.07, 6.45) is 0.470. The topological polar surface area (TPSA) is 62.0 Å². The van der Waals surface area contributed by atoms with E-state index < -0.39 is 0 Å². The van der Waals surface area contributed by atoms with E-state index in [1.165, 1.54) is 0 Å². The molecule has 0 bridgehead atoms. The normalized spacial score (nSPS) is 10.8. The Morgan fingerprint density at radius 3 is 2.56 bits per heavy atom. The molecule has 3 aromatic rings. The van der Waals surface area contributed by atoms with Gasteiger partial charge in [0, 0.05) is 22.7 Å². The van der Waals surface area contributed by atoms with Crippen molar-refractivity contribution in [1.29, 1.82) is 0 Å². The fourth-order valence-electron chi connectivity index (χ4n) is 2.77. The summed E-state index contributed by atoms with van der Waals surface area (Å²) in [7, 11) is 0. The first-order valence-corrected chi connectivity index (χ1v) is 8.49. The first kappa shape index (κ1) is 17.2. The zero-order valence-corrected chi connectivity index (χ0v) is 14.9. The van der Waals surface area contributed by atoms with Crippen molar-refractivity contribution in [3.8, 4) is 0 Å². The molecule has 0 fully saturated rings. The van der Waals surface area contributed by atoms with Crippen molar-refractivity contribution in [2.24, 2.45) is 0 Å². The van der Waals surface area contributed by atoms with E-state index in [0.717, 1.165) is 22.0 Å². The maximum absolute atomic E-state index is 12.3. The van der Waals surface area contributed by atoms with Crippen LogP contribution in [0.4, 0.5) is 0 Å². The first-order valence-electron chi connectivity index (χ1n) is 8.11. The Kier molecular flexibility index (Phi) is 4.91. The number of pyridine rings is 1. The number of benzene rings is 2. The minimum atomic E-state index is -0.180. The van der Waals surface area contributed by atoms with Gasteiger partial charge in [-0.05, 0) is 67.1 Å². The number of rotatable bonds is 4. The summed E-state index contributed by atoms with van der Waals surface area (Å²) < 4.78 is 0. The molecule has 5 heteroatoms. The number of amides is 1. The number of carbonyl (C=O) groups excluding carboxylic acids is 1. The lowest BCUT2D eigenvalue weighted by molar-refractivity contribution is 0.0954. The molecule has 0 saturated heterocycles. The minimum absolute atomic E-state index is 0.109. The van der Waals surface area contributed by atoms with E-state index in [1.807, 2.05) is 32.0 Å². The van der Waals surface area contributed by atoms with Crippen LogP contribution in [0.5, 0.6) is 0 Å². The van der Waals surface area contributed by atoms with Gasteiger partial charge in [0.2, 0.25) is 0 Å². The SMILES string of the molecule is Cc1ccc2cc(CCNC(=O)c3ccc(Cl)cc3)c(=O)[nH]c2c1C. The molecule has 3 rings (SSSR count). The Balaban J connectivity index is 1.72. The zero-order valence-electron chi connectivity index (χ0n) is 14.2. The van der Waals surface area contributed by atoms with Crippen LogP contribution in [0, 0.1) is 13.8 Å².